The fraction of sp³-hybridized carbons (Fsp3) is 0.238. The number of ether oxygens (including phenoxy) is 1. The van der Waals surface area contributed by atoms with Gasteiger partial charge in [-0.25, -0.2) is 9.78 Å². The van der Waals surface area contributed by atoms with E-state index in [2.05, 4.69) is 15.6 Å². The number of urea groups is 1. The van der Waals surface area contributed by atoms with Crippen molar-refractivity contribution in [2.45, 2.75) is 33.0 Å². The fourth-order valence-electron chi connectivity index (χ4n) is 2.64. The van der Waals surface area contributed by atoms with Gasteiger partial charge in [-0.1, -0.05) is 24.3 Å². The third-order valence-corrected chi connectivity index (χ3v) is 3.86. The molecule has 0 radical (unpaired) electrons. The second kappa shape index (κ2) is 8.89. The molecule has 27 heavy (non-hydrogen) atoms. The normalized spacial score (nSPS) is 10.6. The van der Waals surface area contributed by atoms with Gasteiger partial charge < -0.3 is 19.9 Å². The zero-order valence-corrected chi connectivity index (χ0v) is 15.6. The molecule has 2 aromatic carbocycles. The Kier molecular flexibility index (Phi) is 6.10. The first-order chi connectivity index (χ1) is 13.1. The van der Waals surface area contributed by atoms with Gasteiger partial charge >= 0.3 is 6.03 Å². The van der Waals surface area contributed by atoms with Crippen LogP contribution in [0.4, 0.5) is 10.5 Å². The summed E-state index contributed by atoms with van der Waals surface area (Å²) in [6.07, 6.45) is 5.57. The maximum Gasteiger partial charge on any atom is 0.319 e. The van der Waals surface area contributed by atoms with Gasteiger partial charge in [0.1, 0.15) is 5.75 Å². The van der Waals surface area contributed by atoms with E-state index in [1.807, 2.05) is 73.1 Å². The van der Waals surface area contributed by atoms with Crippen LogP contribution in [0.3, 0.4) is 0 Å². The number of aromatic nitrogens is 2. The van der Waals surface area contributed by atoms with Gasteiger partial charge in [0.05, 0.1) is 12.4 Å². The Balaban J connectivity index is 1.49. The molecule has 1 heterocycles. The highest BCUT2D eigenvalue weighted by Gasteiger charge is 2.04. The van der Waals surface area contributed by atoms with Gasteiger partial charge in [-0.2, -0.15) is 0 Å². The van der Waals surface area contributed by atoms with E-state index >= 15 is 0 Å². The lowest BCUT2D eigenvalue weighted by Gasteiger charge is -2.12. The van der Waals surface area contributed by atoms with E-state index in [1.165, 1.54) is 0 Å². The average molecular weight is 364 g/mol. The minimum absolute atomic E-state index is 0.119. The minimum atomic E-state index is -0.243. The number of hydrogen-bond acceptors (Lipinski definition) is 3. The smallest absolute Gasteiger partial charge is 0.319 e. The molecule has 0 saturated heterocycles. The van der Waals surface area contributed by atoms with E-state index in [0.29, 0.717) is 6.54 Å². The van der Waals surface area contributed by atoms with Crippen molar-refractivity contribution in [2.24, 2.45) is 0 Å². The molecule has 0 aliphatic heterocycles. The summed E-state index contributed by atoms with van der Waals surface area (Å²) in [7, 11) is 0. The van der Waals surface area contributed by atoms with Crippen LogP contribution in [-0.4, -0.2) is 21.7 Å². The molecule has 6 nitrogen and oxygen atoms in total. The Bertz CT molecular complexity index is 858. The average Bonchev–Trinajstić information content (AvgIpc) is 3.14. The van der Waals surface area contributed by atoms with Crippen molar-refractivity contribution in [2.75, 3.05) is 5.32 Å². The van der Waals surface area contributed by atoms with Gasteiger partial charge in [0, 0.05) is 31.2 Å². The molecule has 6 heteroatoms. The van der Waals surface area contributed by atoms with Gasteiger partial charge in [-0.15, -0.1) is 0 Å². The fourth-order valence-corrected chi connectivity index (χ4v) is 2.64. The largest absolute Gasteiger partial charge is 0.491 e. The summed E-state index contributed by atoms with van der Waals surface area (Å²) >= 11 is 0. The number of carbonyl (C=O) groups is 1. The number of amides is 2. The maximum absolute atomic E-state index is 12.1. The predicted molar refractivity (Wildman–Crippen MR) is 106 cm³/mol. The molecular formula is C21H24N4O2. The molecule has 0 aliphatic carbocycles. The first kappa shape index (κ1) is 18.5. The second-order valence-corrected chi connectivity index (χ2v) is 6.55. The summed E-state index contributed by atoms with van der Waals surface area (Å²) in [6, 6.07) is 15.2. The van der Waals surface area contributed by atoms with E-state index in [0.717, 1.165) is 29.1 Å². The highest BCUT2D eigenvalue weighted by molar-refractivity contribution is 5.89. The summed E-state index contributed by atoms with van der Waals surface area (Å²) < 4.78 is 7.66. The zero-order chi connectivity index (χ0) is 19.1. The van der Waals surface area contributed by atoms with E-state index in [1.54, 1.807) is 12.5 Å². The maximum atomic E-state index is 12.1. The van der Waals surface area contributed by atoms with E-state index in [-0.39, 0.29) is 12.1 Å². The van der Waals surface area contributed by atoms with Crippen LogP contribution in [0.5, 0.6) is 5.75 Å². The second-order valence-electron chi connectivity index (χ2n) is 6.55. The van der Waals surface area contributed by atoms with Crippen molar-refractivity contribution in [3.8, 4) is 5.75 Å². The van der Waals surface area contributed by atoms with Crippen molar-refractivity contribution in [1.82, 2.24) is 14.9 Å². The molecule has 0 spiro atoms. The number of imidazole rings is 1. The minimum Gasteiger partial charge on any atom is -0.491 e. The molecule has 0 bridgehead atoms. The number of nitrogens with one attached hydrogen (secondary N) is 2. The molecule has 0 saturated carbocycles. The van der Waals surface area contributed by atoms with E-state index in [4.69, 9.17) is 4.74 Å². The molecule has 0 aliphatic rings. The number of rotatable bonds is 7. The number of benzene rings is 2. The van der Waals surface area contributed by atoms with Crippen LogP contribution >= 0.6 is 0 Å². The van der Waals surface area contributed by atoms with Crippen LogP contribution in [0.25, 0.3) is 0 Å². The number of hydrogen-bond donors (Lipinski definition) is 2. The summed E-state index contributed by atoms with van der Waals surface area (Å²) in [4.78, 5) is 16.2. The standard InChI is InChI=1S/C21H24N4O2/c1-16(2)27-20-5-3-4-18(12-20)13-23-21(26)24-19-8-6-17(7-9-19)14-25-11-10-22-15-25/h3-12,15-16H,13-14H2,1-2H3,(H2,23,24,26). The summed E-state index contributed by atoms with van der Waals surface area (Å²) in [5.41, 5.74) is 2.87. The molecule has 140 valence electrons. The van der Waals surface area contributed by atoms with Crippen LogP contribution in [0.2, 0.25) is 0 Å². The number of nitrogens with zero attached hydrogens (tertiary/aromatic N) is 2. The molecule has 2 amide bonds. The van der Waals surface area contributed by atoms with Gasteiger partial charge in [0.15, 0.2) is 0 Å². The van der Waals surface area contributed by atoms with Gasteiger partial charge in [-0.3, -0.25) is 0 Å². The first-order valence-electron chi connectivity index (χ1n) is 8.93. The predicted octanol–water partition coefficient (Wildman–Crippen LogP) is 4.04. The molecule has 0 atom stereocenters. The third kappa shape index (κ3) is 5.88. The summed E-state index contributed by atoms with van der Waals surface area (Å²) in [6.45, 7) is 5.15. The molecule has 1 aromatic heterocycles. The van der Waals surface area contributed by atoms with Gasteiger partial charge in [-0.05, 0) is 49.2 Å². The number of anilines is 1. The molecule has 2 N–H and O–H groups in total. The van der Waals surface area contributed by atoms with E-state index in [9.17, 15) is 4.79 Å². The van der Waals surface area contributed by atoms with Crippen molar-refractivity contribution >= 4 is 11.7 Å². The zero-order valence-electron chi connectivity index (χ0n) is 15.6. The third-order valence-electron chi connectivity index (χ3n) is 3.86. The molecule has 0 fully saturated rings. The highest BCUT2D eigenvalue weighted by Crippen LogP contribution is 2.15. The Hall–Kier alpha value is -3.28. The Morgan fingerprint density at radius 1 is 1.15 bits per heavy atom. The van der Waals surface area contributed by atoms with Gasteiger partial charge in [0.25, 0.3) is 0 Å². The van der Waals surface area contributed by atoms with Gasteiger partial charge in [0.2, 0.25) is 0 Å². The molecule has 3 rings (SSSR count). The molecule has 0 unspecified atom stereocenters. The lowest BCUT2D eigenvalue weighted by molar-refractivity contribution is 0.242. The summed E-state index contributed by atoms with van der Waals surface area (Å²) in [5.74, 6) is 0.804. The van der Waals surface area contributed by atoms with E-state index < -0.39 is 0 Å². The Morgan fingerprint density at radius 2 is 1.96 bits per heavy atom. The highest BCUT2D eigenvalue weighted by atomic mass is 16.5. The molecular weight excluding hydrogens is 340 g/mol. The topological polar surface area (TPSA) is 68.2 Å². The lowest BCUT2D eigenvalue weighted by atomic mass is 10.2. The van der Waals surface area contributed by atoms with Crippen LogP contribution in [-0.2, 0) is 13.1 Å². The van der Waals surface area contributed by atoms with Crippen LogP contribution in [0, 0.1) is 0 Å². The van der Waals surface area contributed by atoms with Crippen molar-refractivity contribution in [1.29, 1.82) is 0 Å². The SMILES string of the molecule is CC(C)Oc1cccc(CNC(=O)Nc2ccc(Cn3ccnc3)cc2)c1. The lowest BCUT2D eigenvalue weighted by Crippen LogP contribution is -2.28. The van der Waals surface area contributed by atoms with Crippen molar-refractivity contribution in [3.63, 3.8) is 0 Å². The van der Waals surface area contributed by atoms with Crippen molar-refractivity contribution < 1.29 is 9.53 Å². The van der Waals surface area contributed by atoms with Crippen molar-refractivity contribution in [3.05, 3.63) is 78.4 Å². The number of carbonyl (C=O) groups excluding carboxylic acids is 1. The Labute approximate surface area is 159 Å². The van der Waals surface area contributed by atoms with Crippen LogP contribution < -0.4 is 15.4 Å². The van der Waals surface area contributed by atoms with Crippen LogP contribution in [0.1, 0.15) is 25.0 Å². The summed E-state index contributed by atoms with van der Waals surface area (Å²) in [5, 5.41) is 5.71. The van der Waals surface area contributed by atoms with Crippen LogP contribution in [0.15, 0.2) is 67.3 Å². The quantitative estimate of drug-likeness (QED) is 0.665. The monoisotopic (exact) mass is 364 g/mol. The molecule has 3 aromatic rings. The first-order valence-corrected chi connectivity index (χ1v) is 8.93. The Morgan fingerprint density at radius 3 is 2.67 bits per heavy atom.